The summed E-state index contributed by atoms with van der Waals surface area (Å²) in [6, 6.07) is 7.35. The quantitative estimate of drug-likeness (QED) is 0.810. The van der Waals surface area contributed by atoms with Gasteiger partial charge in [0.05, 0.1) is 0 Å². The molecule has 1 atom stereocenters. The third-order valence-electron chi connectivity index (χ3n) is 6.13. The van der Waals surface area contributed by atoms with Gasteiger partial charge < -0.3 is 19.5 Å². The maximum absolute atomic E-state index is 12.3. The highest BCUT2D eigenvalue weighted by molar-refractivity contribution is 5.87. The normalized spacial score (nSPS) is 20.9. The Morgan fingerprint density at radius 3 is 2.76 bits per heavy atom. The van der Waals surface area contributed by atoms with Crippen molar-refractivity contribution in [3.05, 3.63) is 41.6 Å². The Hall–Kier alpha value is -2.27. The van der Waals surface area contributed by atoms with E-state index in [-0.39, 0.29) is 6.09 Å². The third kappa shape index (κ3) is 4.50. The fraction of sp³-hybridized carbons (Fsp3) is 0.542. The molecule has 2 aromatic rings. The average Bonchev–Trinajstić information content (AvgIpc) is 3.27. The number of likely N-dealkylation sites (tertiary alicyclic amines) is 1. The van der Waals surface area contributed by atoms with Crippen LogP contribution in [0.3, 0.4) is 0 Å². The van der Waals surface area contributed by atoms with Crippen LogP contribution in [0, 0.1) is 0 Å². The fourth-order valence-corrected chi connectivity index (χ4v) is 4.46. The monoisotopic (exact) mass is 395 g/mol. The Morgan fingerprint density at radius 1 is 1.28 bits per heavy atom. The number of rotatable bonds is 3. The number of likely N-dealkylation sites (N-methyl/N-ethyl adjacent to an activating group) is 1. The minimum absolute atomic E-state index is 0.225. The summed E-state index contributed by atoms with van der Waals surface area (Å²) in [6.07, 6.45) is 8.68. The molecular weight excluding hydrogens is 362 g/mol. The Labute approximate surface area is 173 Å². The van der Waals surface area contributed by atoms with E-state index in [1.807, 2.05) is 20.8 Å². The van der Waals surface area contributed by atoms with Crippen LogP contribution < -0.4 is 0 Å². The van der Waals surface area contributed by atoms with E-state index < -0.39 is 5.60 Å². The Bertz CT molecular complexity index is 922. The number of aromatic nitrogens is 1. The SMILES string of the molecule is CN1CCCC1Cc1c[nH]c2ccc(C3=CCN(C(=O)OC(C)(C)C)CC3)cc12. The van der Waals surface area contributed by atoms with Crippen LogP contribution in [0.2, 0.25) is 0 Å². The van der Waals surface area contributed by atoms with Crippen molar-refractivity contribution in [3.63, 3.8) is 0 Å². The van der Waals surface area contributed by atoms with Crippen LogP contribution in [-0.4, -0.2) is 59.2 Å². The highest BCUT2D eigenvalue weighted by Gasteiger charge is 2.25. The van der Waals surface area contributed by atoms with E-state index in [4.69, 9.17) is 4.74 Å². The van der Waals surface area contributed by atoms with Crippen LogP contribution in [0.1, 0.15) is 51.2 Å². The van der Waals surface area contributed by atoms with E-state index in [2.05, 4.69) is 47.4 Å². The maximum atomic E-state index is 12.3. The highest BCUT2D eigenvalue weighted by Crippen LogP contribution is 2.30. The van der Waals surface area contributed by atoms with Gasteiger partial charge in [0, 0.05) is 36.2 Å². The fourth-order valence-electron chi connectivity index (χ4n) is 4.46. The number of nitrogens with zero attached hydrogens (tertiary/aromatic N) is 2. The van der Waals surface area contributed by atoms with Crippen molar-refractivity contribution in [1.29, 1.82) is 0 Å². The molecule has 4 rings (SSSR count). The van der Waals surface area contributed by atoms with Crippen LogP contribution >= 0.6 is 0 Å². The summed E-state index contributed by atoms with van der Waals surface area (Å²) in [4.78, 5) is 20.0. The number of fused-ring (bicyclic) bond motifs is 1. The summed E-state index contributed by atoms with van der Waals surface area (Å²) < 4.78 is 5.50. The molecule has 0 aliphatic carbocycles. The second kappa shape index (κ2) is 7.86. The van der Waals surface area contributed by atoms with Crippen LogP contribution in [0.15, 0.2) is 30.5 Å². The molecule has 1 unspecified atom stereocenters. The number of carbonyl (C=O) groups is 1. The first-order valence-electron chi connectivity index (χ1n) is 10.8. The van der Waals surface area contributed by atoms with Crippen molar-refractivity contribution in [3.8, 4) is 0 Å². The molecule has 5 heteroatoms. The average molecular weight is 396 g/mol. The molecule has 1 fully saturated rings. The number of H-pyrrole nitrogens is 1. The lowest BCUT2D eigenvalue weighted by Crippen LogP contribution is -2.39. The minimum atomic E-state index is -0.454. The van der Waals surface area contributed by atoms with Gasteiger partial charge in [0.25, 0.3) is 0 Å². The first-order chi connectivity index (χ1) is 13.8. The van der Waals surface area contributed by atoms with Gasteiger partial charge in [-0.25, -0.2) is 4.79 Å². The van der Waals surface area contributed by atoms with Gasteiger partial charge in [-0.05, 0) is 88.9 Å². The Balaban J connectivity index is 1.49. The first kappa shape index (κ1) is 20.0. The van der Waals surface area contributed by atoms with Crippen LogP contribution in [0.4, 0.5) is 4.79 Å². The van der Waals surface area contributed by atoms with Crippen molar-refractivity contribution in [2.75, 3.05) is 26.7 Å². The lowest BCUT2D eigenvalue weighted by atomic mass is 9.96. The zero-order valence-corrected chi connectivity index (χ0v) is 18.1. The molecule has 156 valence electrons. The summed E-state index contributed by atoms with van der Waals surface area (Å²) in [5, 5.41) is 1.33. The predicted molar refractivity (Wildman–Crippen MR) is 118 cm³/mol. The van der Waals surface area contributed by atoms with Gasteiger partial charge >= 0.3 is 6.09 Å². The lowest BCUT2D eigenvalue weighted by molar-refractivity contribution is 0.0270. The minimum Gasteiger partial charge on any atom is -0.444 e. The third-order valence-corrected chi connectivity index (χ3v) is 6.13. The number of aromatic amines is 1. The van der Waals surface area contributed by atoms with E-state index in [0.717, 1.165) is 12.8 Å². The smallest absolute Gasteiger partial charge is 0.410 e. The number of hydrogen-bond acceptors (Lipinski definition) is 3. The molecule has 1 aromatic carbocycles. The van der Waals surface area contributed by atoms with Crippen LogP contribution in [-0.2, 0) is 11.2 Å². The number of ether oxygens (including phenoxy) is 1. The van der Waals surface area contributed by atoms with E-state index in [1.54, 1.807) is 4.90 Å². The molecule has 0 spiro atoms. The van der Waals surface area contributed by atoms with E-state index >= 15 is 0 Å². The topological polar surface area (TPSA) is 48.6 Å². The molecule has 29 heavy (non-hydrogen) atoms. The number of nitrogens with one attached hydrogen (secondary N) is 1. The highest BCUT2D eigenvalue weighted by atomic mass is 16.6. The van der Waals surface area contributed by atoms with Crippen molar-refractivity contribution in [2.24, 2.45) is 0 Å². The molecule has 1 amide bonds. The second-order valence-electron chi connectivity index (χ2n) is 9.46. The summed E-state index contributed by atoms with van der Waals surface area (Å²) >= 11 is 0. The van der Waals surface area contributed by atoms with Crippen molar-refractivity contribution >= 4 is 22.6 Å². The molecule has 0 saturated carbocycles. The number of amides is 1. The van der Waals surface area contributed by atoms with E-state index in [0.29, 0.717) is 19.1 Å². The largest absolute Gasteiger partial charge is 0.444 e. The van der Waals surface area contributed by atoms with Crippen molar-refractivity contribution in [1.82, 2.24) is 14.8 Å². The van der Waals surface area contributed by atoms with Gasteiger partial charge in [0.15, 0.2) is 0 Å². The zero-order chi connectivity index (χ0) is 20.6. The lowest BCUT2D eigenvalue weighted by Gasteiger charge is -2.29. The van der Waals surface area contributed by atoms with Gasteiger partial charge in [0.2, 0.25) is 0 Å². The van der Waals surface area contributed by atoms with Gasteiger partial charge in [-0.2, -0.15) is 0 Å². The van der Waals surface area contributed by atoms with Crippen molar-refractivity contribution in [2.45, 2.75) is 58.1 Å². The van der Waals surface area contributed by atoms with Gasteiger partial charge in [-0.1, -0.05) is 12.1 Å². The molecule has 5 nitrogen and oxygen atoms in total. The van der Waals surface area contributed by atoms with Crippen LogP contribution in [0.25, 0.3) is 16.5 Å². The summed E-state index contributed by atoms with van der Waals surface area (Å²) in [7, 11) is 2.24. The molecule has 2 aliphatic heterocycles. The molecule has 0 radical (unpaired) electrons. The predicted octanol–water partition coefficient (Wildman–Crippen LogP) is 4.83. The summed E-state index contributed by atoms with van der Waals surface area (Å²) in [5.41, 5.74) is 4.74. The summed E-state index contributed by atoms with van der Waals surface area (Å²) in [6.45, 7) is 8.23. The zero-order valence-electron chi connectivity index (χ0n) is 18.1. The number of carbonyl (C=O) groups excluding carboxylic acids is 1. The molecule has 1 aromatic heterocycles. The standard InChI is InChI=1S/C24H33N3O2/c1-24(2,3)29-23(28)27-12-9-17(10-13-27)18-7-8-22-21(15-18)19(16-25-22)14-20-6-5-11-26(20)4/h7-9,15-16,20,25H,5-6,10-14H2,1-4H3. The number of benzene rings is 1. The maximum Gasteiger partial charge on any atom is 0.410 e. The van der Waals surface area contributed by atoms with Gasteiger partial charge in [0.1, 0.15) is 5.60 Å². The van der Waals surface area contributed by atoms with Crippen LogP contribution in [0.5, 0.6) is 0 Å². The van der Waals surface area contributed by atoms with Gasteiger partial charge in [-0.15, -0.1) is 0 Å². The Morgan fingerprint density at radius 2 is 2.10 bits per heavy atom. The molecule has 1 N–H and O–H groups in total. The first-order valence-corrected chi connectivity index (χ1v) is 10.8. The summed E-state index contributed by atoms with van der Waals surface area (Å²) in [5.74, 6) is 0. The van der Waals surface area contributed by atoms with E-state index in [1.165, 1.54) is 47.0 Å². The van der Waals surface area contributed by atoms with E-state index in [9.17, 15) is 4.79 Å². The molecule has 1 saturated heterocycles. The molecular formula is C24H33N3O2. The van der Waals surface area contributed by atoms with Gasteiger partial charge in [-0.3, -0.25) is 0 Å². The van der Waals surface area contributed by atoms with Crippen molar-refractivity contribution < 1.29 is 9.53 Å². The second-order valence-corrected chi connectivity index (χ2v) is 9.46. The molecule has 0 bridgehead atoms. The molecule has 3 heterocycles. The number of hydrogen-bond donors (Lipinski definition) is 1. The Kier molecular flexibility index (Phi) is 5.43. The molecule has 2 aliphatic rings.